The molecule has 7 heteroatoms. The van der Waals surface area contributed by atoms with E-state index in [1.807, 2.05) is 4.90 Å². The first-order valence-electron chi connectivity index (χ1n) is 9.51. The molecule has 2 aliphatic heterocycles. The highest BCUT2D eigenvalue weighted by Gasteiger charge is 2.25. The summed E-state index contributed by atoms with van der Waals surface area (Å²) < 4.78 is 0. The summed E-state index contributed by atoms with van der Waals surface area (Å²) in [7, 11) is 0. The Morgan fingerprint density at radius 2 is 1.68 bits per heavy atom. The van der Waals surface area contributed by atoms with E-state index in [0.29, 0.717) is 24.7 Å². The monoisotopic (exact) mass is 353 g/mol. The van der Waals surface area contributed by atoms with Gasteiger partial charge >= 0.3 is 5.97 Å². The standard InChI is InChI=1S/C18H31N3O4/c22-16(20-10-5-18(24)25)13-15-6-11-21(12-7-15)17(23)2-1-14-3-8-19-9-4-14/h14-15,19H,1-13H2,(H,20,22)(H,24,25). The quantitative estimate of drug-likeness (QED) is 0.604. The van der Waals surface area contributed by atoms with Gasteiger partial charge in [-0.05, 0) is 57.0 Å². The molecule has 0 aromatic rings. The van der Waals surface area contributed by atoms with Crippen LogP contribution in [0.4, 0.5) is 0 Å². The lowest BCUT2D eigenvalue weighted by atomic mass is 9.91. The third-order valence-electron chi connectivity index (χ3n) is 5.33. The SMILES string of the molecule is O=C(O)CCNC(=O)CC1CCN(C(=O)CCC2CCNCC2)CC1. The summed E-state index contributed by atoms with van der Waals surface area (Å²) in [6, 6.07) is 0. The van der Waals surface area contributed by atoms with Crippen LogP contribution < -0.4 is 10.6 Å². The lowest BCUT2D eigenvalue weighted by Gasteiger charge is -2.32. The summed E-state index contributed by atoms with van der Waals surface area (Å²) in [5.41, 5.74) is 0. The lowest BCUT2D eigenvalue weighted by molar-refractivity contribution is -0.137. The number of rotatable bonds is 8. The second-order valence-corrected chi connectivity index (χ2v) is 7.25. The van der Waals surface area contributed by atoms with Crippen LogP contribution in [0, 0.1) is 11.8 Å². The van der Waals surface area contributed by atoms with Crippen molar-refractivity contribution < 1.29 is 19.5 Å². The largest absolute Gasteiger partial charge is 0.481 e. The van der Waals surface area contributed by atoms with Gasteiger partial charge in [0.05, 0.1) is 6.42 Å². The predicted octanol–water partition coefficient (Wildman–Crippen LogP) is 0.986. The highest BCUT2D eigenvalue weighted by atomic mass is 16.4. The maximum absolute atomic E-state index is 12.4. The Labute approximate surface area is 149 Å². The predicted molar refractivity (Wildman–Crippen MR) is 94.0 cm³/mol. The smallest absolute Gasteiger partial charge is 0.305 e. The van der Waals surface area contributed by atoms with E-state index in [1.54, 1.807) is 0 Å². The van der Waals surface area contributed by atoms with E-state index in [2.05, 4.69) is 10.6 Å². The van der Waals surface area contributed by atoms with Crippen molar-refractivity contribution in [2.75, 3.05) is 32.7 Å². The lowest BCUT2D eigenvalue weighted by Crippen LogP contribution is -2.40. The molecule has 0 aliphatic carbocycles. The maximum atomic E-state index is 12.4. The molecule has 0 radical (unpaired) electrons. The Hall–Kier alpha value is -1.63. The highest BCUT2D eigenvalue weighted by molar-refractivity contribution is 5.77. The first-order chi connectivity index (χ1) is 12.0. The van der Waals surface area contributed by atoms with E-state index in [0.717, 1.165) is 45.4 Å². The zero-order valence-electron chi connectivity index (χ0n) is 15.0. The summed E-state index contributed by atoms with van der Waals surface area (Å²) in [5.74, 6) is 0.229. The van der Waals surface area contributed by atoms with Crippen LogP contribution in [0.1, 0.15) is 51.4 Å². The Morgan fingerprint density at radius 1 is 1.00 bits per heavy atom. The van der Waals surface area contributed by atoms with Gasteiger partial charge in [-0.25, -0.2) is 0 Å². The van der Waals surface area contributed by atoms with Crippen LogP contribution in [0.25, 0.3) is 0 Å². The van der Waals surface area contributed by atoms with E-state index < -0.39 is 5.97 Å². The van der Waals surface area contributed by atoms with Gasteiger partial charge in [0, 0.05) is 32.5 Å². The fourth-order valence-corrected chi connectivity index (χ4v) is 3.69. The molecule has 0 unspecified atom stereocenters. The van der Waals surface area contributed by atoms with Crippen molar-refractivity contribution in [1.29, 1.82) is 0 Å². The van der Waals surface area contributed by atoms with E-state index in [9.17, 15) is 14.4 Å². The second-order valence-electron chi connectivity index (χ2n) is 7.25. The molecule has 142 valence electrons. The number of carboxylic acid groups (broad SMARTS) is 1. The number of hydrogen-bond donors (Lipinski definition) is 3. The Kier molecular flexibility index (Phi) is 8.18. The second kappa shape index (κ2) is 10.4. The molecule has 25 heavy (non-hydrogen) atoms. The number of aliphatic carboxylic acids is 1. The van der Waals surface area contributed by atoms with Gasteiger partial charge in [0.15, 0.2) is 0 Å². The summed E-state index contributed by atoms with van der Waals surface area (Å²) in [5, 5.41) is 14.6. The molecule has 3 N–H and O–H groups in total. The topological polar surface area (TPSA) is 98.7 Å². The number of carboxylic acids is 1. The van der Waals surface area contributed by atoms with Gasteiger partial charge in [-0.3, -0.25) is 14.4 Å². The number of nitrogens with one attached hydrogen (secondary N) is 2. The van der Waals surface area contributed by atoms with Gasteiger partial charge in [-0.15, -0.1) is 0 Å². The molecule has 2 heterocycles. The number of hydrogen-bond acceptors (Lipinski definition) is 4. The molecule has 0 bridgehead atoms. The van der Waals surface area contributed by atoms with Crippen molar-refractivity contribution in [2.24, 2.45) is 11.8 Å². The zero-order valence-corrected chi connectivity index (χ0v) is 15.0. The molecule has 2 aliphatic rings. The number of carbonyl (C=O) groups is 3. The van der Waals surface area contributed by atoms with Crippen molar-refractivity contribution in [3.05, 3.63) is 0 Å². The fourth-order valence-electron chi connectivity index (χ4n) is 3.69. The summed E-state index contributed by atoms with van der Waals surface area (Å²) in [6.45, 7) is 3.79. The highest BCUT2D eigenvalue weighted by Crippen LogP contribution is 2.23. The average molecular weight is 353 g/mol. The van der Waals surface area contributed by atoms with Gasteiger partial charge in [0.25, 0.3) is 0 Å². The minimum atomic E-state index is -0.906. The molecule has 2 rings (SSSR count). The summed E-state index contributed by atoms with van der Waals surface area (Å²) in [6.07, 6.45) is 6.07. The molecule has 0 atom stereocenters. The van der Waals surface area contributed by atoms with Crippen molar-refractivity contribution in [1.82, 2.24) is 15.5 Å². The minimum Gasteiger partial charge on any atom is -0.481 e. The van der Waals surface area contributed by atoms with Crippen LogP contribution >= 0.6 is 0 Å². The number of amides is 2. The maximum Gasteiger partial charge on any atom is 0.305 e. The molecule has 2 saturated heterocycles. The minimum absolute atomic E-state index is 0.0459. The third-order valence-corrected chi connectivity index (χ3v) is 5.33. The van der Waals surface area contributed by atoms with Gasteiger partial charge in [-0.1, -0.05) is 0 Å². The average Bonchev–Trinajstić information content (AvgIpc) is 2.61. The number of likely N-dealkylation sites (tertiary alicyclic amines) is 1. The first kappa shape index (κ1) is 19.7. The van der Waals surface area contributed by atoms with Crippen LogP contribution in [0.15, 0.2) is 0 Å². The van der Waals surface area contributed by atoms with Crippen LogP contribution in [0.3, 0.4) is 0 Å². The summed E-state index contributed by atoms with van der Waals surface area (Å²) >= 11 is 0. The van der Waals surface area contributed by atoms with E-state index in [1.165, 1.54) is 12.8 Å². The third kappa shape index (κ3) is 7.42. The molecule has 2 fully saturated rings. The molecule has 2 amide bonds. The Morgan fingerprint density at radius 3 is 2.32 bits per heavy atom. The molecule has 7 nitrogen and oxygen atoms in total. The van der Waals surface area contributed by atoms with Crippen LogP contribution in [0.5, 0.6) is 0 Å². The van der Waals surface area contributed by atoms with Crippen molar-refractivity contribution in [3.8, 4) is 0 Å². The van der Waals surface area contributed by atoms with Gasteiger partial charge in [0.2, 0.25) is 11.8 Å². The molecular formula is C18H31N3O4. The van der Waals surface area contributed by atoms with Crippen LogP contribution in [0.2, 0.25) is 0 Å². The normalized spacial score (nSPS) is 19.6. The Bertz CT molecular complexity index is 455. The van der Waals surface area contributed by atoms with Crippen LogP contribution in [-0.4, -0.2) is 60.5 Å². The molecule has 0 aromatic heterocycles. The van der Waals surface area contributed by atoms with Gasteiger partial charge in [0.1, 0.15) is 0 Å². The van der Waals surface area contributed by atoms with Crippen LogP contribution in [-0.2, 0) is 14.4 Å². The molecule has 0 spiro atoms. The molecule has 0 saturated carbocycles. The first-order valence-corrected chi connectivity index (χ1v) is 9.51. The zero-order chi connectivity index (χ0) is 18.1. The number of nitrogens with zero attached hydrogens (tertiary/aromatic N) is 1. The van der Waals surface area contributed by atoms with Crippen molar-refractivity contribution in [2.45, 2.75) is 51.4 Å². The van der Waals surface area contributed by atoms with E-state index >= 15 is 0 Å². The van der Waals surface area contributed by atoms with Gasteiger partial charge < -0.3 is 20.6 Å². The van der Waals surface area contributed by atoms with Gasteiger partial charge in [-0.2, -0.15) is 0 Å². The van der Waals surface area contributed by atoms with E-state index in [4.69, 9.17) is 5.11 Å². The summed E-state index contributed by atoms with van der Waals surface area (Å²) in [4.78, 5) is 36.5. The Balaban J connectivity index is 1.59. The van der Waals surface area contributed by atoms with Crippen molar-refractivity contribution in [3.63, 3.8) is 0 Å². The molecule has 0 aromatic carbocycles. The number of carbonyl (C=O) groups excluding carboxylic acids is 2. The van der Waals surface area contributed by atoms with Crippen molar-refractivity contribution >= 4 is 17.8 Å². The van der Waals surface area contributed by atoms with E-state index in [-0.39, 0.29) is 24.8 Å². The number of piperidine rings is 2. The fraction of sp³-hybridized carbons (Fsp3) is 0.833. The molecular weight excluding hydrogens is 322 g/mol.